The van der Waals surface area contributed by atoms with E-state index < -0.39 is 0 Å². The Kier molecular flexibility index (Phi) is 3.63. The van der Waals surface area contributed by atoms with Crippen LogP contribution in [0.15, 0.2) is 12.4 Å². The summed E-state index contributed by atoms with van der Waals surface area (Å²) >= 11 is 0. The van der Waals surface area contributed by atoms with Gasteiger partial charge in [0.1, 0.15) is 0 Å². The highest BCUT2D eigenvalue weighted by molar-refractivity contribution is 5.03. The summed E-state index contributed by atoms with van der Waals surface area (Å²) in [4.78, 5) is 5.19. The standard InChI is InChI=1S/C13H23N5/c1-16-10-12(8-15-16)11-17-4-6-18(7-5-17)13-2-3-14-9-13/h8,10,13-14H,2-7,9,11H2,1H3. The van der Waals surface area contributed by atoms with E-state index in [0.29, 0.717) is 0 Å². The van der Waals surface area contributed by atoms with Crippen LogP contribution in [-0.4, -0.2) is 64.9 Å². The van der Waals surface area contributed by atoms with Crippen molar-refractivity contribution in [1.82, 2.24) is 24.9 Å². The second-order valence-corrected chi connectivity index (χ2v) is 5.48. The molecule has 1 atom stereocenters. The molecule has 0 saturated carbocycles. The second-order valence-electron chi connectivity index (χ2n) is 5.48. The monoisotopic (exact) mass is 249 g/mol. The molecule has 0 aliphatic carbocycles. The number of rotatable bonds is 3. The molecule has 0 radical (unpaired) electrons. The van der Waals surface area contributed by atoms with Crippen molar-refractivity contribution in [3.63, 3.8) is 0 Å². The average Bonchev–Trinajstić information content (AvgIpc) is 3.02. The molecule has 1 unspecified atom stereocenters. The molecular weight excluding hydrogens is 226 g/mol. The van der Waals surface area contributed by atoms with Gasteiger partial charge < -0.3 is 5.32 Å². The molecule has 0 bridgehead atoms. The molecule has 5 heteroatoms. The van der Waals surface area contributed by atoms with E-state index in [1.165, 1.54) is 51.3 Å². The highest BCUT2D eigenvalue weighted by Crippen LogP contribution is 2.13. The summed E-state index contributed by atoms with van der Waals surface area (Å²) in [5.41, 5.74) is 1.33. The Morgan fingerprint density at radius 2 is 2.17 bits per heavy atom. The van der Waals surface area contributed by atoms with Crippen molar-refractivity contribution >= 4 is 0 Å². The van der Waals surface area contributed by atoms with Gasteiger partial charge in [-0.25, -0.2) is 0 Å². The van der Waals surface area contributed by atoms with Crippen LogP contribution in [0.3, 0.4) is 0 Å². The minimum atomic E-state index is 0.783. The summed E-state index contributed by atoms with van der Waals surface area (Å²) in [5.74, 6) is 0. The van der Waals surface area contributed by atoms with Crippen LogP contribution in [0, 0.1) is 0 Å². The summed E-state index contributed by atoms with van der Waals surface area (Å²) in [6.07, 6.45) is 5.42. The third-order valence-corrected chi connectivity index (χ3v) is 4.12. The smallest absolute Gasteiger partial charge is 0.0534 e. The van der Waals surface area contributed by atoms with Gasteiger partial charge in [-0.05, 0) is 13.0 Å². The minimum Gasteiger partial charge on any atom is -0.315 e. The van der Waals surface area contributed by atoms with Crippen LogP contribution in [-0.2, 0) is 13.6 Å². The Morgan fingerprint density at radius 1 is 1.33 bits per heavy atom. The highest BCUT2D eigenvalue weighted by atomic mass is 15.3. The fourth-order valence-corrected chi connectivity index (χ4v) is 3.05. The van der Waals surface area contributed by atoms with E-state index in [1.807, 2.05) is 17.9 Å². The van der Waals surface area contributed by atoms with Crippen LogP contribution < -0.4 is 5.32 Å². The molecule has 100 valence electrons. The van der Waals surface area contributed by atoms with Gasteiger partial charge in [0.15, 0.2) is 0 Å². The zero-order valence-electron chi connectivity index (χ0n) is 11.2. The maximum Gasteiger partial charge on any atom is 0.0534 e. The number of hydrogen-bond acceptors (Lipinski definition) is 4. The number of piperazine rings is 1. The van der Waals surface area contributed by atoms with Crippen LogP contribution in [0.5, 0.6) is 0 Å². The van der Waals surface area contributed by atoms with Gasteiger partial charge in [0.25, 0.3) is 0 Å². The van der Waals surface area contributed by atoms with Crippen molar-refractivity contribution in [2.45, 2.75) is 19.0 Å². The third-order valence-electron chi connectivity index (χ3n) is 4.12. The van der Waals surface area contributed by atoms with Crippen molar-refractivity contribution in [2.24, 2.45) is 7.05 Å². The van der Waals surface area contributed by atoms with Crippen molar-refractivity contribution in [3.8, 4) is 0 Å². The Morgan fingerprint density at radius 3 is 2.78 bits per heavy atom. The first-order chi connectivity index (χ1) is 8.81. The van der Waals surface area contributed by atoms with Gasteiger partial charge in [0.05, 0.1) is 6.20 Å². The molecule has 0 aromatic carbocycles. The molecule has 0 spiro atoms. The van der Waals surface area contributed by atoms with Crippen LogP contribution in [0.4, 0.5) is 0 Å². The molecule has 1 N–H and O–H groups in total. The number of nitrogens with one attached hydrogen (secondary N) is 1. The van der Waals surface area contributed by atoms with E-state index in [1.54, 1.807) is 0 Å². The molecule has 2 aliphatic rings. The van der Waals surface area contributed by atoms with Crippen LogP contribution in [0.2, 0.25) is 0 Å². The lowest BCUT2D eigenvalue weighted by Gasteiger charge is -2.37. The first kappa shape index (κ1) is 12.1. The molecule has 2 saturated heterocycles. The van der Waals surface area contributed by atoms with Crippen LogP contribution in [0.1, 0.15) is 12.0 Å². The Labute approximate surface area is 109 Å². The summed E-state index contributed by atoms with van der Waals surface area (Å²) < 4.78 is 1.88. The third kappa shape index (κ3) is 2.74. The fraction of sp³-hybridized carbons (Fsp3) is 0.769. The molecule has 3 rings (SSSR count). The zero-order chi connectivity index (χ0) is 12.4. The average molecular weight is 249 g/mol. The van der Waals surface area contributed by atoms with E-state index >= 15 is 0 Å². The topological polar surface area (TPSA) is 36.3 Å². The highest BCUT2D eigenvalue weighted by Gasteiger charge is 2.25. The van der Waals surface area contributed by atoms with Crippen LogP contribution in [0.25, 0.3) is 0 Å². The van der Waals surface area contributed by atoms with E-state index in [0.717, 1.165) is 12.6 Å². The summed E-state index contributed by atoms with van der Waals surface area (Å²) in [5, 5.41) is 7.69. The maximum atomic E-state index is 4.23. The van der Waals surface area contributed by atoms with Gasteiger partial charge >= 0.3 is 0 Å². The largest absolute Gasteiger partial charge is 0.315 e. The molecular formula is C13H23N5. The van der Waals surface area contributed by atoms with Crippen molar-refractivity contribution in [2.75, 3.05) is 39.3 Å². The summed E-state index contributed by atoms with van der Waals surface area (Å²) in [6.45, 7) is 8.23. The number of hydrogen-bond donors (Lipinski definition) is 1. The van der Waals surface area contributed by atoms with E-state index in [2.05, 4.69) is 26.4 Å². The molecule has 1 aromatic rings. The maximum absolute atomic E-state index is 4.23. The fourth-order valence-electron chi connectivity index (χ4n) is 3.05. The quantitative estimate of drug-likeness (QED) is 0.811. The van der Waals surface area contributed by atoms with E-state index in [9.17, 15) is 0 Å². The van der Waals surface area contributed by atoms with E-state index in [4.69, 9.17) is 0 Å². The van der Waals surface area contributed by atoms with Gasteiger partial charge in [-0.3, -0.25) is 14.5 Å². The molecule has 2 fully saturated rings. The lowest BCUT2D eigenvalue weighted by atomic mass is 10.2. The molecule has 0 amide bonds. The number of aromatic nitrogens is 2. The van der Waals surface area contributed by atoms with Crippen LogP contribution >= 0.6 is 0 Å². The molecule has 1 aromatic heterocycles. The van der Waals surface area contributed by atoms with Crippen molar-refractivity contribution < 1.29 is 0 Å². The Hall–Kier alpha value is -0.910. The SMILES string of the molecule is Cn1cc(CN2CCN(C3CCNC3)CC2)cn1. The minimum absolute atomic E-state index is 0.783. The lowest BCUT2D eigenvalue weighted by molar-refractivity contribution is 0.0981. The summed E-state index contributed by atoms with van der Waals surface area (Å²) in [6, 6.07) is 0.783. The Bertz CT molecular complexity index is 374. The predicted molar refractivity (Wildman–Crippen MR) is 71.3 cm³/mol. The lowest BCUT2D eigenvalue weighted by Crippen LogP contribution is -2.50. The molecule has 5 nitrogen and oxygen atoms in total. The zero-order valence-corrected chi connectivity index (χ0v) is 11.2. The predicted octanol–water partition coefficient (Wildman–Crippen LogP) is -0.100. The van der Waals surface area contributed by atoms with Gasteiger partial charge in [-0.2, -0.15) is 5.10 Å². The number of aryl methyl sites for hydroxylation is 1. The molecule has 18 heavy (non-hydrogen) atoms. The Balaban J connectivity index is 1.47. The van der Waals surface area contributed by atoms with Gasteiger partial charge in [0, 0.05) is 64.1 Å². The second kappa shape index (κ2) is 5.38. The molecule has 3 heterocycles. The normalized spacial score (nSPS) is 26.8. The van der Waals surface area contributed by atoms with Gasteiger partial charge in [0.2, 0.25) is 0 Å². The van der Waals surface area contributed by atoms with Gasteiger partial charge in [-0.1, -0.05) is 0 Å². The first-order valence-electron chi connectivity index (χ1n) is 6.96. The van der Waals surface area contributed by atoms with E-state index in [-0.39, 0.29) is 0 Å². The number of nitrogens with zero attached hydrogens (tertiary/aromatic N) is 4. The van der Waals surface area contributed by atoms with Crippen molar-refractivity contribution in [3.05, 3.63) is 18.0 Å². The van der Waals surface area contributed by atoms with Crippen molar-refractivity contribution in [1.29, 1.82) is 0 Å². The summed E-state index contributed by atoms with van der Waals surface area (Å²) in [7, 11) is 1.98. The molecule has 2 aliphatic heterocycles. The first-order valence-corrected chi connectivity index (χ1v) is 6.96. The van der Waals surface area contributed by atoms with Gasteiger partial charge in [-0.15, -0.1) is 0 Å².